The van der Waals surface area contributed by atoms with Gasteiger partial charge in [0.25, 0.3) is 5.89 Å². The van der Waals surface area contributed by atoms with Crippen LogP contribution in [0.5, 0.6) is 0 Å². The first kappa shape index (κ1) is 16.1. The molecule has 6 heteroatoms. The standard InChI is InChI=1S/C19H19ClN4O/c20-16-8-6-15(7-9-16)19-22-21-18(25-19)14-23-10-12-24(13-11-23)17-4-2-1-3-5-17/h1-9H,10-14H2/p+1. The van der Waals surface area contributed by atoms with E-state index in [1.165, 1.54) is 10.6 Å². The second kappa shape index (κ2) is 7.25. The number of hydrogen-bond donors (Lipinski definition) is 1. The lowest BCUT2D eigenvalue weighted by molar-refractivity contribution is -0.915. The molecule has 0 unspecified atom stereocenters. The van der Waals surface area contributed by atoms with Crippen LogP contribution in [0.15, 0.2) is 59.0 Å². The zero-order valence-electron chi connectivity index (χ0n) is 13.9. The van der Waals surface area contributed by atoms with Gasteiger partial charge in [-0.3, -0.25) is 0 Å². The van der Waals surface area contributed by atoms with Gasteiger partial charge in [0.05, 0.1) is 26.2 Å². The van der Waals surface area contributed by atoms with E-state index in [2.05, 4.69) is 45.4 Å². The summed E-state index contributed by atoms with van der Waals surface area (Å²) in [5.74, 6) is 1.24. The topological polar surface area (TPSA) is 46.6 Å². The van der Waals surface area contributed by atoms with E-state index in [-0.39, 0.29) is 0 Å². The van der Waals surface area contributed by atoms with Crippen molar-refractivity contribution in [3.05, 3.63) is 65.5 Å². The predicted molar refractivity (Wildman–Crippen MR) is 97.8 cm³/mol. The Balaban J connectivity index is 1.35. The van der Waals surface area contributed by atoms with Crippen molar-refractivity contribution in [1.29, 1.82) is 0 Å². The minimum absolute atomic E-state index is 0.550. The lowest BCUT2D eigenvalue weighted by atomic mass is 10.2. The highest BCUT2D eigenvalue weighted by Crippen LogP contribution is 2.20. The number of aromatic nitrogens is 2. The smallest absolute Gasteiger partial charge is 0.271 e. The Kier molecular flexibility index (Phi) is 4.68. The van der Waals surface area contributed by atoms with Crippen molar-refractivity contribution >= 4 is 17.3 Å². The molecule has 1 aliphatic heterocycles. The first-order valence-corrected chi connectivity index (χ1v) is 8.87. The number of rotatable bonds is 4. The summed E-state index contributed by atoms with van der Waals surface area (Å²) < 4.78 is 5.82. The van der Waals surface area contributed by atoms with Gasteiger partial charge in [-0.2, -0.15) is 0 Å². The molecule has 1 fully saturated rings. The van der Waals surface area contributed by atoms with Crippen LogP contribution in [-0.2, 0) is 6.54 Å². The fourth-order valence-electron chi connectivity index (χ4n) is 3.14. The monoisotopic (exact) mass is 355 g/mol. The molecule has 2 aromatic carbocycles. The molecular formula is C19H20ClN4O+. The Morgan fingerprint density at radius 1 is 0.960 bits per heavy atom. The number of quaternary nitrogens is 1. The molecule has 0 aliphatic carbocycles. The van der Waals surface area contributed by atoms with E-state index >= 15 is 0 Å². The Bertz CT molecular complexity index is 811. The van der Waals surface area contributed by atoms with E-state index in [4.69, 9.17) is 16.0 Å². The second-order valence-corrected chi connectivity index (χ2v) is 6.69. The maximum Gasteiger partial charge on any atom is 0.271 e. The maximum atomic E-state index is 5.92. The van der Waals surface area contributed by atoms with E-state index in [9.17, 15) is 0 Å². The summed E-state index contributed by atoms with van der Waals surface area (Å²) in [7, 11) is 0. The summed E-state index contributed by atoms with van der Waals surface area (Å²) in [4.78, 5) is 3.90. The molecule has 2 heterocycles. The van der Waals surface area contributed by atoms with Gasteiger partial charge in [0, 0.05) is 16.3 Å². The highest BCUT2D eigenvalue weighted by molar-refractivity contribution is 6.30. The minimum Gasteiger partial charge on any atom is -0.415 e. The molecule has 0 amide bonds. The zero-order chi connectivity index (χ0) is 17.1. The van der Waals surface area contributed by atoms with Crippen molar-refractivity contribution < 1.29 is 9.32 Å². The van der Waals surface area contributed by atoms with Crippen LogP contribution < -0.4 is 9.80 Å². The molecule has 4 rings (SSSR count). The van der Waals surface area contributed by atoms with Gasteiger partial charge < -0.3 is 14.2 Å². The van der Waals surface area contributed by atoms with Gasteiger partial charge in [0.1, 0.15) is 0 Å². The Morgan fingerprint density at radius 2 is 1.68 bits per heavy atom. The highest BCUT2D eigenvalue weighted by atomic mass is 35.5. The van der Waals surface area contributed by atoms with Crippen molar-refractivity contribution in [2.45, 2.75) is 6.54 Å². The van der Waals surface area contributed by atoms with Gasteiger partial charge in [0.2, 0.25) is 5.89 Å². The molecule has 0 atom stereocenters. The third-order valence-electron chi connectivity index (χ3n) is 4.55. The van der Waals surface area contributed by atoms with E-state index in [0.717, 1.165) is 38.3 Å². The number of halogens is 1. The number of nitrogens with one attached hydrogen (secondary N) is 1. The fourth-order valence-corrected chi connectivity index (χ4v) is 3.27. The maximum absolute atomic E-state index is 5.92. The van der Waals surface area contributed by atoms with Gasteiger partial charge in [-0.15, -0.1) is 10.2 Å². The van der Waals surface area contributed by atoms with Gasteiger partial charge in [-0.05, 0) is 36.4 Å². The van der Waals surface area contributed by atoms with Crippen LogP contribution in [0.3, 0.4) is 0 Å². The molecule has 1 N–H and O–H groups in total. The second-order valence-electron chi connectivity index (χ2n) is 6.26. The summed E-state index contributed by atoms with van der Waals surface area (Å²) in [5.41, 5.74) is 2.19. The summed E-state index contributed by atoms with van der Waals surface area (Å²) in [6.45, 7) is 4.97. The first-order valence-electron chi connectivity index (χ1n) is 8.50. The molecule has 0 bridgehead atoms. The van der Waals surface area contributed by atoms with E-state index in [0.29, 0.717) is 16.8 Å². The number of hydrogen-bond acceptors (Lipinski definition) is 4. The quantitative estimate of drug-likeness (QED) is 0.780. The van der Waals surface area contributed by atoms with Crippen molar-refractivity contribution in [2.24, 2.45) is 0 Å². The molecule has 1 aliphatic rings. The molecule has 25 heavy (non-hydrogen) atoms. The number of piperazine rings is 1. The molecule has 0 saturated carbocycles. The molecule has 1 aromatic heterocycles. The lowest BCUT2D eigenvalue weighted by Gasteiger charge is -2.33. The average Bonchev–Trinajstić information content (AvgIpc) is 3.12. The average molecular weight is 356 g/mol. The van der Waals surface area contributed by atoms with Gasteiger partial charge in [-0.25, -0.2) is 0 Å². The summed E-state index contributed by atoms with van der Waals surface area (Å²) in [5, 5.41) is 9.06. The largest absolute Gasteiger partial charge is 0.415 e. The molecular weight excluding hydrogens is 336 g/mol. The van der Waals surface area contributed by atoms with Crippen molar-refractivity contribution in [3.63, 3.8) is 0 Å². The summed E-state index contributed by atoms with van der Waals surface area (Å²) >= 11 is 5.92. The number of benzene rings is 2. The van der Waals surface area contributed by atoms with Crippen LogP contribution in [-0.4, -0.2) is 36.4 Å². The van der Waals surface area contributed by atoms with Crippen molar-refractivity contribution in [3.8, 4) is 11.5 Å². The van der Waals surface area contributed by atoms with Crippen LogP contribution in [0, 0.1) is 0 Å². The highest BCUT2D eigenvalue weighted by Gasteiger charge is 2.22. The van der Waals surface area contributed by atoms with Gasteiger partial charge in [0.15, 0.2) is 6.54 Å². The Hall–Kier alpha value is -2.37. The molecule has 0 radical (unpaired) electrons. The summed E-state index contributed by atoms with van der Waals surface area (Å²) in [6, 6.07) is 18.0. The van der Waals surface area contributed by atoms with Crippen LogP contribution in [0.4, 0.5) is 5.69 Å². The predicted octanol–water partition coefficient (Wildman–Crippen LogP) is 2.30. The van der Waals surface area contributed by atoms with Crippen LogP contribution in [0.1, 0.15) is 5.89 Å². The number of para-hydroxylation sites is 1. The lowest BCUT2D eigenvalue weighted by Crippen LogP contribution is -3.13. The molecule has 5 nitrogen and oxygen atoms in total. The van der Waals surface area contributed by atoms with Crippen LogP contribution in [0.2, 0.25) is 5.02 Å². The van der Waals surface area contributed by atoms with Crippen LogP contribution in [0.25, 0.3) is 11.5 Å². The molecule has 1 saturated heterocycles. The van der Waals surface area contributed by atoms with Crippen LogP contribution >= 0.6 is 11.6 Å². The zero-order valence-corrected chi connectivity index (χ0v) is 14.6. The van der Waals surface area contributed by atoms with E-state index in [1.807, 2.05) is 24.3 Å². The summed E-state index contributed by atoms with van der Waals surface area (Å²) in [6.07, 6.45) is 0. The first-order chi connectivity index (χ1) is 12.3. The van der Waals surface area contributed by atoms with Crippen molar-refractivity contribution in [2.75, 3.05) is 31.1 Å². The third kappa shape index (κ3) is 3.83. The minimum atomic E-state index is 0.550. The molecule has 0 spiro atoms. The molecule has 128 valence electrons. The SMILES string of the molecule is Clc1ccc(-c2nnc(C[NH+]3CCN(c4ccccc4)CC3)o2)cc1. The number of anilines is 1. The Labute approximate surface area is 151 Å². The van der Waals surface area contributed by atoms with E-state index < -0.39 is 0 Å². The van der Waals surface area contributed by atoms with E-state index in [1.54, 1.807) is 0 Å². The molecule has 3 aromatic rings. The normalized spacial score (nSPS) is 15.5. The number of nitrogens with zero attached hydrogens (tertiary/aromatic N) is 3. The fraction of sp³-hybridized carbons (Fsp3) is 0.263. The van der Waals surface area contributed by atoms with Crippen molar-refractivity contribution in [1.82, 2.24) is 10.2 Å². The van der Waals surface area contributed by atoms with Gasteiger partial charge >= 0.3 is 0 Å². The Morgan fingerprint density at radius 3 is 2.40 bits per heavy atom. The third-order valence-corrected chi connectivity index (χ3v) is 4.80. The van der Waals surface area contributed by atoms with Gasteiger partial charge in [-0.1, -0.05) is 29.8 Å².